The molecule has 0 unspecified atom stereocenters. The van der Waals surface area contributed by atoms with Gasteiger partial charge in [0.15, 0.2) is 0 Å². The van der Waals surface area contributed by atoms with Crippen LogP contribution in [0.3, 0.4) is 0 Å². The van der Waals surface area contributed by atoms with Crippen molar-refractivity contribution in [2.24, 2.45) is 0 Å². The van der Waals surface area contributed by atoms with Gasteiger partial charge in [-0.2, -0.15) is 0 Å². The molecule has 0 saturated heterocycles. The molecule has 0 aliphatic heterocycles. The van der Waals surface area contributed by atoms with Gasteiger partial charge in [0.1, 0.15) is 16.9 Å². The zero-order chi connectivity index (χ0) is 18.8. The first-order chi connectivity index (χ1) is 13.1. The lowest BCUT2D eigenvalue weighted by molar-refractivity contribution is -0.115. The summed E-state index contributed by atoms with van der Waals surface area (Å²) in [6.07, 6.45) is 0. The molecule has 136 valence electrons. The second-order valence-electron chi connectivity index (χ2n) is 6.23. The van der Waals surface area contributed by atoms with E-state index < -0.39 is 0 Å². The van der Waals surface area contributed by atoms with Gasteiger partial charge in [-0.05, 0) is 49.4 Å². The number of hydrogen-bond donors (Lipinski definition) is 1. The summed E-state index contributed by atoms with van der Waals surface area (Å²) >= 11 is 1.51. The normalized spacial score (nSPS) is 12.2. The van der Waals surface area contributed by atoms with Crippen LogP contribution in [0.4, 0.5) is 5.69 Å². The summed E-state index contributed by atoms with van der Waals surface area (Å²) in [6.45, 7) is 1.89. The number of benzene rings is 3. The summed E-state index contributed by atoms with van der Waals surface area (Å²) in [6, 6.07) is 21.4. The van der Waals surface area contributed by atoms with Crippen molar-refractivity contribution in [3.63, 3.8) is 0 Å². The quantitative estimate of drug-likeness (QED) is 0.452. The van der Waals surface area contributed by atoms with Crippen LogP contribution in [0.15, 0.2) is 76.0 Å². The van der Waals surface area contributed by atoms with E-state index in [2.05, 4.69) is 5.32 Å². The van der Waals surface area contributed by atoms with Crippen molar-refractivity contribution in [2.75, 3.05) is 12.4 Å². The molecular formula is C22H19NO3S. The number of furan rings is 1. The molecule has 0 aliphatic carbocycles. The minimum absolute atomic E-state index is 0.0497. The minimum atomic E-state index is -0.232. The Morgan fingerprint density at radius 1 is 1.00 bits per heavy atom. The second-order valence-corrected chi connectivity index (χ2v) is 7.65. The molecule has 27 heavy (non-hydrogen) atoms. The van der Waals surface area contributed by atoms with E-state index in [1.54, 1.807) is 7.11 Å². The van der Waals surface area contributed by atoms with E-state index in [0.29, 0.717) is 0 Å². The van der Waals surface area contributed by atoms with E-state index in [9.17, 15) is 4.79 Å². The maximum absolute atomic E-state index is 12.6. The highest BCUT2D eigenvalue weighted by Gasteiger charge is 2.15. The molecular weight excluding hydrogens is 358 g/mol. The second kappa shape index (κ2) is 7.37. The van der Waals surface area contributed by atoms with E-state index in [4.69, 9.17) is 9.15 Å². The molecule has 0 saturated carbocycles. The van der Waals surface area contributed by atoms with Gasteiger partial charge in [0.05, 0.1) is 12.4 Å². The van der Waals surface area contributed by atoms with E-state index in [0.717, 1.165) is 38.3 Å². The predicted octanol–water partition coefficient (Wildman–Crippen LogP) is 5.71. The molecule has 1 atom stereocenters. The SMILES string of the molecule is COc1ccc(S[C@@H](C)C(=O)Nc2ccc3c(c2)oc2ccccc23)cc1. The average Bonchev–Trinajstić information content (AvgIpc) is 3.06. The zero-order valence-corrected chi connectivity index (χ0v) is 15.9. The van der Waals surface area contributed by atoms with Crippen molar-refractivity contribution in [1.29, 1.82) is 0 Å². The molecule has 1 amide bonds. The molecule has 0 aliphatic rings. The molecule has 0 fully saturated rings. The summed E-state index contributed by atoms with van der Waals surface area (Å²) in [7, 11) is 1.64. The Labute approximate surface area is 161 Å². The van der Waals surface area contributed by atoms with Crippen LogP contribution in [-0.4, -0.2) is 18.3 Å². The molecule has 3 aromatic carbocycles. The molecule has 4 nitrogen and oxygen atoms in total. The van der Waals surface area contributed by atoms with Gasteiger partial charge in [0.25, 0.3) is 0 Å². The van der Waals surface area contributed by atoms with Crippen LogP contribution < -0.4 is 10.1 Å². The molecule has 0 radical (unpaired) electrons. The number of para-hydroxylation sites is 1. The fourth-order valence-corrected chi connectivity index (χ4v) is 3.83. The maximum Gasteiger partial charge on any atom is 0.237 e. The van der Waals surface area contributed by atoms with Crippen molar-refractivity contribution in [3.05, 3.63) is 66.7 Å². The Morgan fingerprint density at radius 3 is 2.52 bits per heavy atom. The fourth-order valence-electron chi connectivity index (χ4n) is 2.96. The highest BCUT2D eigenvalue weighted by molar-refractivity contribution is 8.00. The van der Waals surface area contributed by atoms with Crippen molar-refractivity contribution < 1.29 is 13.9 Å². The van der Waals surface area contributed by atoms with Crippen LogP contribution in [0.1, 0.15) is 6.92 Å². The highest BCUT2D eigenvalue weighted by atomic mass is 32.2. The van der Waals surface area contributed by atoms with Gasteiger partial charge < -0.3 is 14.5 Å². The van der Waals surface area contributed by atoms with Gasteiger partial charge >= 0.3 is 0 Å². The van der Waals surface area contributed by atoms with Gasteiger partial charge in [0, 0.05) is 27.4 Å². The monoisotopic (exact) mass is 377 g/mol. The molecule has 1 N–H and O–H groups in total. The molecule has 1 aromatic heterocycles. The number of rotatable bonds is 5. The molecule has 1 heterocycles. The Kier molecular flexibility index (Phi) is 4.77. The number of carbonyl (C=O) groups is 1. The lowest BCUT2D eigenvalue weighted by atomic mass is 10.1. The van der Waals surface area contributed by atoms with Gasteiger partial charge in [-0.15, -0.1) is 11.8 Å². The number of hydrogen-bond acceptors (Lipinski definition) is 4. The number of ether oxygens (including phenoxy) is 1. The van der Waals surface area contributed by atoms with E-state index in [-0.39, 0.29) is 11.2 Å². The Morgan fingerprint density at radius 2 is 1.74 bits per heavy atom. The largest absolute Gasteiger partial charge is 0.497 e. The zero-order valence-electron chi connectivity index (χ0n) is 15.1. The summed E-state index contributed by atoms with van der Waals surface area (Å²) < 4.78 is 11.0. The number of thioether (sulfide) groups is 1. The number of anilines is 1. The number of nitrogens with one attached hydrogen (secondary N) is 1. The Bertz CT molecular complexity index is 1100. The van der Waals surface area contributed by atoms with Crippen LogP contribution in [0.2, 0.25) is 0 Å². The third-order valence-electron chi connectivity index (χ3n) is 4.39. The predicted molar refractivity (Wildman–Crippen MR) is 111 cm³/mol. The third-order valence-corrected chi connectivity index (χ3v) is 5.50. The first-order valence-electron chi connectivity index (χ1n) is 8.67. The summed E-state index contributed by atoms with van der Waals surface area (Å²) in [4.78, 5) is 13.6. The van der Waals surface area contributed by atoms with Crippen LogP contribution in [0.25, 0.3) is 21.9 Å². The van der Waals surface area contributed by atoms with Crippen molar-refractivity contribution in [3.8, 4) is 5.75 Å². The topological polar surface area (TPSA) is 51.5 Å². The van der Waals surface area contributed by atoms with Crippen molar-refractivity contribution in [2.45, 2.75) is 17.1 Å². The number of methoxy groups -OCH3 is 1. The smallest absolute Gasteiger partial charge is 0.237 e. The lowest BCUT2D eigenvalue weighted by Crippen LogP contribution is -2.22. The van der Waals surface area contributed by atoms with E-state index >= 15 is 0 Å². The van der Waals surface area contributed by atoms with Gasteiger partial charge in [-0.25, -0.2) is 0 Å². The molecule has 4 rings (SSSR count). The first kappa shape index (κ1) is 17.5. The maximum atomic E-state index is 12.6. The van der Waals surface area contributed by atoms with Crippen LogP contribution in [0.5, 0.6) is 5.75 Å². The van der Waals surface area contributed by atoms with Crippen molar-refractivity contribution in [1.82, 2.24) is 0 Å². The van der Waals surface area contributed by atoms with E-state index in [1.807, 2.05) is 73.7 Å². The number of amides is 1. The summed E-state index contributed by atoms with van der Waals surface area (Å²) in [5, 5.41) is 4.87. The van der Waals surface area contributed by atoms with Crippen LogP contribution in [-0.2, 0) is 4.79 Å². The van der Waals surface area contributed by atoms with Gasteiger partial charge in [-0.1, -0.05) is 18.2 Å². The van der Waals surface area contributed by atoms with Gasteiger partial charge in [-0.3, -0.25) is 4.79 Å². The molecule has 0 bridgehead atoms. The van der Waals surface area contributed by atoms with Crippen LogP contribution in [0, 0.1) is 0 Å². The summed E-state index contributed by atoms with van der Waals surface area (Å²) in [5.41, 5.74) is 2.35. The van der Waals surface area contributed by atoms with Crippen molar-refractivity contribution >= 4 is 45.3 Å². The molecule has 5 heteroatoms. The standard InChI is InChI=1S/C22H19NO3S/c1-14(27-17-10-8-16(25-2)9-11-17)22(24)23-15-7-12-19-18-5-3-4-6-20(18)26-21(19)13-15/h3-14H,1-2H3,(H,23,24)/t14-/m0/s1. The lowest BCUT2D eigenvalue weighted by Gasteiger charge is -2.12. The molecule has 4 aromatic rings. The summed E-state index contributed by atoms with van der Waals surface area (Å²) in [5.74, 6) is 0.752. The Balaban J connectivity index is 1.48. The fraction of sp³-hybridized carbons (Fsp3) is 0.136. The number of fused-ring (bicyclic) bond motifs is 3. The third kappa shape index (κ3) is 3.64. The minimum Gasteiger partial charge on any atom is -0.497 e. The first-order valence-corrected chi connectivity index (χ1v) is 9.55. The Hall–Kier alpha value is -2.92. The molecule has 0 spiro atoms. The van der Waals surface area contributed by atoms with E-state index in [1.165, 1.54) is 11.8 Å². The van der Waals surface area contributed by atoms with Crippen LogP contribution >= 0.6 is 11.8 Å². The number of carbonyl (C=O) groups excluding carboxylic acids is 1. The average molecular weight is 377 g/mol. The highest BCUT2D eigenvalue weighted by Crippen LogP contribution is 2.31. The van der Waals surface area contributed by atoms with Gasteiger partial charge in [0.2, 0.25) is 5.91 Å².